The fourth-order valence-electron chi connectivity index (χ4n) is 7.80. The summed E-state index contributed by atoms with van der Waals surface area (Å²) in [5.41, 5.74) is 2.20. The summed E-state index contributed by atoms with van der Waals surface area (Å²) in [6.07, 6.45) is 4.99. The van der Waals surface area contributed by atoms with Crippen molar-refractivity contribution in [2.75, 3.05) is 37.7 Å². The minimum absolute atomic E-state index is 0.123. The lowest BCUT2D eigenvalue weighted by Crippen LogP contribution is -2.55. The second-order valence-electron chi connectivity index (χ2n) is 12.6. The SMILES string of the molecule is C=CCN(Cn1nnc2ccccc21)C(=O)C1N(CCCO)C(=O)[C@@H]2[C@H](C(=O)N(CC=C)c3ccc(OCC)cc3)[C@]3(C)CCC12S3. The molecule has 2 aromatic carbocycles. The van der Waals surface area contributed by atoms with Crippen LogP contribution < -0.4 is 9.64 Å². The van der Waals surface area contributed by atoms with Crippen LogP contribution in [0, 0.1) is 11.8 Å². The average molecular weight is 659 g/mol. The molecule has 5 atom stereocenters. The highest BCUT2D eigenvalue weighted by Gasteiger charge is 2.77. The summed E-state index contributed by atoms with van der Waals surface area (Å²) in [5, 5.41) is 18.3. The second kappa shape index (κ2) is 13.2. The molecule has 2 bridgehead atoms. The van der Waals surface area contributed by atoms with Gasteiger partial charge in [-0.05, 0) is 69.5 Å². The van der Waals surface area contributed by atoms with Crippen molar-refractivity contribution in [2.24, 2.45) is 11.8 Å². The van der Waals surface area contributed by atoms with Gasteiger partial charge in [0.05, 0.1) is 28.7 Å². The predicted octanol–water partition coefficient (Wildman–Crippen LogP) is 3.89. The van der Waals surface area contributed by atoms with E-state index in [0.717, 1.165) is 5.52 Å². The Balaban J connectivity index is 1.37. The molecule has 3 fully saturated rings. The number of nitrogens with zero attached hydrogens (tertiary/aromatic N) is 6. The van der Waals surface area contributed by atoms with Crippen LogP contribution in [0.25, 0.3) is 11.0 Å². The van der Waals surface area contributed by atoms with Gasteiger partial charge in [0, 0.05) is 36.7 Å². The summed E-state index contributed by atoms with van der Waals surface area (Å²) in [4.78, 5) is 49.0. The Morgan fingerprint density at radius 2 is 1.85 bits per heavy atom. The van der Waals surface area contributed by atoms with Crippen LogP contribution in [-0.4, -0.2) is 96.0 Å². The van der Waals surface area contributed by atoms with Crippen LogP contribution in [-0.2, 0) is 21.1 Å². The van der Waals surface area contributed by atoms with Gasteiger partial charge in [-0.2, -0.15) is 0 Å². The number of carbonyl (C=O) groups excluding carboxylic acids is 3. The highest BCUT2D eigenvalue weighted by Crippen LogP contribution is 2.71. The van der Waals surface area contributed by atoms with Crippen molar-refractivity contribution in [1.29, 1.82) is 0 Å². The van der Waals surface area contributed by atoms with E-state index in [4.69, 9.17) is 4.74 Å². The van der Waals surface area contributed by atoms with E-state index in [-0.39, 0.29) is 50.6 Å². The molecule has 1 aromatic heterocycles. The van der Waals surface area contributed by atoms with Gasteiger partial charge in [-0.25, -0.2) is 4.68 Å². The van der Waals surface area contributed by atoms with Gasteiger partial charge in [-0.1, -0.05) is 29.5 Å². The van der Waals surface area contributed by atoms with E-state index in [1.54, 1.807) is 43.3 Å². The number of ether oxygens (including phenoxy) is 1. The lowest BCUT2D eigenvalue weighted by molar-refractivity contribution is -0.144. The number of rotatable bonds is 14. The van der Waals surface area contributed by atoms with Crippen molar-refractivity contribution >= 4 is 46.2 Å². The van der Waals surface area contributed by atoms with E-state index in [1.165, 1.54) is 0 Å². The molecule has 1 N–H and O–H groups in total. The lowest BCUT2D eigenvalue weighted by Gasteiger charge is -2.38. The third-order valence-electron chi connectivity index (χ3n) is 9.76. The Bertz CT molecular complexity index is 1680. The summed E-state index contributed by atoms with van der Waals surface area (Å²) < 4.78 is 5.94. The molecule has 0 aliphatic carbocycles. The van der Waals surface area contributed by atoms with E-state index >= 15 is 0 Å². The number of thioether (sulfide) groups is 1. The number of para-hydroxylation sites is 1. The van der Waals surface area contributed by atoms with E-state index < -0.39 is 27.4 Å². The van der Waals surface area contributed by atoms with Crippen LogP contribution in [0.4, 0.5) is 5.69 Å². The first kappa shape index (κ1) is 32.8. The lowest BCUT2D eigenvalue weighted by atomic mass is 9.66. The molecule has 3 aliphatic rings. The van der Waals surface area contributed by atoms with Crippen LogP contribution in [0.1, 0.15) is 33.1 Å². The number of aliphatic hydroxyl groups excluding tert-OH is 1. The Morgan fingerprint density at radius 1 is 1.11 bits per heavy atom. The van der Waals surface area contributed by atoms with Gasteiger partial charge in [0.2, 0.25) is 17.7 Å². The molecule has 11 nitrogen and oxygen atoms in total. The maximum atomic E-state index is 14.8. The number of amides is 3. The molecule has 0 radical (unpaired) electrons. The first-order chi connectivity index (χ1) is 22.7. The molecule has 248 valence electrons. The number of aromatic nitrogens is 3. The zero-order valence-electron chi connectivity index (χ0n) is 27.0. The monoisotopic (exact) mass is 658 g/mol. The van der Waals surface area contributed by atoms with Crippen LogP contribution in [0.15, 0.2) is 73.8 Å². The molecule has 3 amide bonds. The third kappa shape index (κ3) is 5.50. The first-order valence-corrected chi connectivity index (χ1v) is 17.0. The minimum Gasteiger partial charge on any atom is -0.494 e. The second-order valence-corrected chi connectivity index (χ2v) is 14.5. The molecule has 0 saturated carbocycles. The summed E-state index contributed by atoms with van der Waals surface area (Å²) in [7, 11) is 0. The number of fused-ring (bicyclic) bond motifs is 2. The molecule has 3 aliphatic heterocycles. The first-order valence-electron chi connectivity index (χ1n) is 16.2. The van der Waals surface area contributed by atoms with E-state index in [1.807, 2.05) is 55.5 Å². The smallest absolute Gasteiger partial charge is 0.248 e. The summed E-state index contributed by atoms with van der Waals surface area (Å²) >= 11 is 1.62. The van der Waals surface area contributed by atoms with Crippen LogP contribution in [0.3, 0.4) is 0 Å². The molecular weight excluding hydrogens is 616 g/mol. The normalized spacial score (nSPS) is 26.0. The van der Waals surface area contributed by atoms with Crippen molar-refractivity contribution in [1.82, 2.24) is 24.8 Å². The van der Waals surface area contributed by atoms with E-state index in [2.05, 4.69) is 30.4 Å². The molecule has 1 spiro atoms. The van der Waals surface area contributed by atoms with Crippen LogP contribution in [0.5, 0.6) is 5.75 Å². The molecule has 3 saturated heterocycles. The molecular formula is C35H42N6O5S. The van der Waals surface area contributed by atoms with E-state index in [0.29, 0.717) is 42.8 Å². The number of hydrogen-bond donors (Lipinski definition) is 1. The summed E-state index contributed by atoms with van der Waals surface area (Å²) in [5.74, 6) is -1.23. The highest BCUT2D eigenvalue weighted by atomic mass is 32.2. The number of aliphatic hydroxyl groups is 1. The van der Waals surface area contributed by atoms with Crippen molar-refractivity contribution in [3.8, 4) is 5.75 Å². The molecule has 6 rings (SSSR count). The quantitative estimate of drug-likeness (QED) is 0.259. The molecule has 2 unspecified atom stereocenters. The Morgan fingerprint density at radius 3 is 2.55 bits per heavy atom. The summed E-state index contributed by atoms with van der Waals surface area (Å²) in [6.45, 7) is 13.0. The Hall–Kier alpha value is -4.16. The van der Waals surface area contributed by atoms with Gasteiger partial charge in [0.25, 0.3) is 0 Å². The van der Waals surface area contributed by atoms with Crippen molar-refractivity contribution in [3.63, 3.8) is 0 Å². The van der Waals surface area contributed by atoms with Crippen LogP contribution in [0.2, 0.25) is 0 Å². The Labute approximate surface area is 279 Å². The van der Waals surface area contributed by atoms with Crippen molar-refractivity contribution < 1.29 is 24.2 Å². The average Bonchev–Trinajstić information content (AvgIpc) is 3.78. The molecule has 12 heteroatoms. The third-order valence-corrected chi connectivity index (χ3v) is 11.7. The number of likely N-dealkylation sites (tertiary alicyclic amines) is 1. The standard InChI is InChI=1S/C35H42N6O5S/c1-5-19-38(23-41-27-12-9-8-11-26(27)36-37-41)33(45)30-35-18-17-34(4,47-35)28(29(35)32(44)40(30)21-10-22-42)31(43)39(20-6-2)24-13-15-25(16-14-24)46-7-3/h5-6,8-9,11-16,28-30,42H,1-2,7,10,17-23H2,3-4H3/t28-,29+,30?,34+,35?/m1/s1. The van der Waals surface area contributed by atoms with Gasteiger partial charge >= 0.3 is 0 Å². The van der Waals surface area contributed by atoms with Crippen LogP contribution >= 0.6 is 11.8 Å². The maximum absolute atomic E-state index is 14.8. The number of carbonyl (C=O) groups is 3. The summed E-state index contributed by atoms with van der Waals surface area (Å²) in [6, 6.07) is 14.1. The maximum Gasteiger partial charge on any atom is 0.248 e. The van der Waals surface area contributed by atoms with Gasteiger partial charge in [0.1, 0.15) is 24.0 Å². The van der Waals surface area contributed by atoms with Gasteiger partial charge in [-0.3, -0.25) is 14.4 Å². The number of hydrogen-bond acceptors (Lipinski definition) is 8. The molecule has 47 heavy (non-hydrogen) atoms. The molecule has 3 aromatic rings. The van der Waals surface area contributed by atoms with Gasteiger partial charge in [-0.15, -0.1) is 30.0 Å². The number of benzene rings is 2. The van der Waals surface area contributed by atoms with Gasteiger partial charge < -0.3 is 24.5 Å². The van der Waals surface area contributed by atoms with E-state index in [9.17, 15) is 19.5 Å². The largest absolute Gasteiger partial charge is 0.494 e. The van der Waals surface area contributed by atoms with Gasteiger partial charge in [0.15, 0.2) is 0 Å². The highest BCUT2D eigenvalue weighted by molar-refractivity contribution is 8.02. The fraction of sp³-hybridized carbons (Fsp3) is 0.457. The zero-order chi connectivity index (χ0) is 33.3. The minimum atomic E-state index is -0.816. The Kier molecular flexibility index (Phi) is 9.17. The zero-order valence-corrected chi connectivity index (χ0v) is 27.8. The van der Waals surface area contributed by atoms with Crippen molar-refractivity contribution in [3.05, 3.63) is 73.8 Å². The van der Waals surface area contributed by atoms with Crippen molar-refractivity contribution in [2.45, 2.75) is 55.3 Å². The predicted molar refractivity (Wildman–Crippen MR) is 182 cm³/mol. The molecule has 4 heterocycles. The number of anilines is 1. The topological polar surface area (TPSA) is 121 Å². The fourth-order valence-corrected chi connectivity index (χ4v) is 10.1.